The van der Waals surface area contributed by atoms with Gasteiger partial charge in [-0.05, 0) is 30.9 Å². The number of nitrogens with one attached hydrogen (secondary N) is 1. The van der Waals surface area contributed by atoms with E-state index in [4.69, 9.17) is 9.47 Å². The van der Waals surface area contributed by atoms with Crippen molar-refractivity contribution in [3.05, 3.63) is 53.2 Å². The van der Waals surface area contributed by atoms with Gasteiger partial charge in [-0.15, -0.1) is 0 Å². The van der Waals surface area contributed by atoms with Gasteiger partial charge in [0.05, 0.1) is 19.4 Å². The molecule has 150 valence electrons. The minimum absolute atomic E-state index is 0.0413. The molecule has 0 saturated carbocycles. The first-order chi connectivity index (χ1) is 14.0. The summed E-state index contributed by atoms with van der Waals surface area (Å²) < 4.78 is 12.1. The van der Waals surface area contributed by atoms with Crippen molar-refractivity contribution >= 4 is 28.5 Å². The lowest BCUT2D eigenvalue weighted by molar-refractivity contribution is -0.144. The van der Waals surface area contributed by atoms with Gasteiger partial charge in [0.2, 0.25) is 5.91 Å². The van der Waals surface area contributed by atoms with Crippen LogP contribution in [0.5, 0.6) is 5.75 Å². The van der Waals surface area contributed by atoms with E-state index in [1.165, 1.54) is 4.68 Å². The molecule has 0 bridgehead atoms. The summed E-state index contributed by atoms with van der Waals surface area (Å²) in [7, 11) is 1.65. The summed E-state index contributed by atoms with van der Waals surface area (Å²) >= 11 is 0. The van der Waals surface area contributed by atoms with Crippen molar-refractivity contribution in [3.8, 4) is 5.75 Å². The van der Waals surface area contributed by atoms with Crippen molar-refractivity contribution in [1.29, 1.82) is 0 Å². The molecular weight excluding hydrogens is 370 g/mol. The van der Waals surface area contributed by atoms with Crippen LogP contribution in [0, 0.1) is 6.92 Å². The third-order valence-electron chi connectivity index (χ3n) is 5.27. The van der Waals surface area contributed by atoms with Crippen LogP contribution in [0.15, 0.2) is 36.4 Å². The quantitative estimate of drug-likeness (QED) is 0.672. The predicted octanol–water partition coefficient (Wildman–Crippen LogP) is 3.39. The number of aryl methyl sites for hydroxylation is 1. The maximum atomic E-state index is 12.5. The SMILES string of the molecule is CCOC(=O)Cn1nc(C)c2c1NC(=O)C[C@H]2c1ccc(OC)c2ccccc12. The molecule has 1 aliphatic heterocycles. The number of rotatable bonds is 5. The van der Waals surface area contributed by atoms with Crippen LogP contribution in [0.2, 0.25) is 0 Å². The van der Waals surface area contributed by atoms with Crippen molar-refractivity contribution < 1.29 is 19.1 Å². The average Bonchev–Trinajstić information content (AvgIpc) is 3.01. The van der Waals surface area contributed by atoms with Gasteiger partial charge in [-0.3, -0.25) is 9.59 Å². The number of carbonyl (C=O) groups is 2. The van der Waals surface area contributed by atoms with E-state index < -0.39 is 0 Å². The molecule has 7 heteroatoms. The number of fused-ring (bicyclic) bond motifs is 2. The maximum Gasteiger partial charge on any atom is 0.327 e. The van der Waals surface area contributed by atoms with E-state index in [0.29, 0.717) is 18.8 Å². The lowest BCUT2D eigenvalue weighted by atomic mass is 9.83. The Labute approximate surface area is 168 Å². The second-order valence-electron chi connectivity index (χ2n) is 7.02. The second kappa shape index (κ2) is 7.58. The lowest BCUT2D eigenvalue weighted by Gasteiger charge is -2.25. The molecule has 0 spiro atoms. The van der Waals surface area contributed by atoms with Gasteiger partial charge in [0.25, 0.3) is 0 Å². The highest BCUT2D eigenvalue weighted by Crippen LogP contribution is 2.43. The fourth-order valence-corrected chi connectivity index (χ4v) is 4.10. The summed E-state index contributed by atoms with van der Waals surface area (Å²) in [6.07, 6.45) is 0.315. The average molecular weight is 393 g/mol. The number of hydrogen-bond donors (Lipinski definition) is 1. The van der Waals surface area contributed by atoms with Gasteiger partial charge in [-0.1, -0.05) is 30.3 Å². The topological polar surface area (TPSA) is 82.5 Å². The third kappa shape index (κ3) is 3.33. The molecule has 29 heavy (non-hydrogen) atoms. The summed E-state index contributed by atoms with van der Waals surface area (Å²) in [5, 5.41) is 9.45. The van der Waals surface area contributed by atoms with Crippen molar-refractivity contribution in [2.45, 2.75) is 32.7 Å². The fraction of sp³-hybridized carbons (Fsp3) is 0.318. The van der Waals surface area contributed by atoms with E-state index in [0.717, 1.165) is 33.3 Å². The Morgan fingerprint density at radius 2 is 2.00 bits per heavy atom. The zero-order valence-electron chi connectivity index (χ0n) is 16.7. The number of ether oxygens (including phenoxy) is 2. The van der Waals surface area contributed by atoms with Gasteiger partial charge in [-0.25, -0.2) is 4.68 Å². The standard InChI is InChI=1S/C22H23N3O4/c1-4-29-20(27)12-25-22-21(13(2)24-25)17(11-19(26)23-22)15-9-10-18(28-3)16-8-6-5-7-14(15)16/h5-10,17H,4,11-12H2,1-3H3,(H,23,26)/t17-/m0/s1. The highest BCUT2D eigenvalue weighted by Gasteiger charge is 2.33. The van der Waals surface area contributed by atoms with E-state index in [2.05, 4.69) is 10.4 Å². The minimum Gasteiger partial charge on any atom is -0.496 e. The molecule has 1 amide bonds. The van der Waals surface area contributed by atoms with Crippen molar-refractivity contribution in [2.75, 3.05) is 19.0 Å². The summed E-state index contributed by atoms with van der Waals surface area (Å²) in [4.78, 5) is 24.5. The first-order valence-corrected chi connectivity index (χ1v) is 9.61. The fourth-order valence-electron chi connectivity index (χ4n) is 4.10. The Hall–Kier alpha value is -3.35. The molecule has 1 aliphatic rings. The Bertz CT molecular complexity index is 1100. The van der Waals surface area contributed by atoms with Gasteiger partial charge in [0, 0.05) is 23.3 Å². The molecule has 1 aromatic heterocycles. The zero-order valence-corrected chi connectivity index (χ0v) is 16.7. The minimum atomic E-state index is -0.385. The molecule has 4 rings (SSSR count). The molecule has 1 atom stereocenters. The zero-order chi connectivity index (χ0) is 20.5. The van der Waals surface area contributed by atoms with Gasteiger partial charge in [0.1, 0.15) is 18.1 Å². The van der Waals surface area contributed by atoms with E-state index in [1.807, 2.05) is 43.3 Å². The maximum absolute atomic E-state index is 12.5. The van der Waals surface area contributed by atoms with E-state index in [-0.39, 0.29) is 24.3 Å². The van der Waals surface area contributed by atoms with Crippen LogP contribution in [-0.2, 0) is 20.9 Å². The lowest BCUT2D eigenvalue weighted by Crippen LogP contribution is -2.26. The van der Waals surface area contributed by atoms with Crippen molar-refractivity contribution in [2.24, 2.45) is 0 Å². The Morgan fingerprint density at radius 1 is 1.24 bits per heavy atom. The number of nitrogens with zero attached hydrogens (tertiary/aromatic N) is 2. The Morgan fingerprint density at radius 3 is 2.72 bits per heavy atom. The molecule has 2 aromatic carbocycles. The molecule has 0 fully saturated rings. The van der Waals surface area contributed by atoms with Gasteiger partial charge >= 0.3 is 5.97 Å². The number of methoxy groups -OCH3 is 1. The first kappa shape index (κ1) is 19.0. The molecule has 1 N–H and O–H groups in total. The number of esters is 1. The largest absolute Gasteiger partial charge is 0.496 e. The number of hydrogen-bond acceptors (Lipinski definition) is 5. The van der Waals surface area contributed by atoms with Crippen LogP contribution >= 0.6 is 0 Å². The normalized spacial score (nSPS) is 15.7. The first-order valence-electron chi connectivity index (χ1n) is 9.61. The highest BCUT2D eigenvalue weighted by molar-refractivity contribution is 5.97. The number of carbonyl (C=O) groups excluding carboxylic acids is 2. The summed E-state index contributed by atoms with van der Waals surface area (Å²) in [6, 6.07) is 11.9. The van der Waals surface area contributed by atoms with Crippen molar-refractivity contribution in [3.63, 3.8) is 0 Å². The molecule has 7 nitrogen and oxygen atoms in total. The van der Waals surface area contributed by atoms with Gasteiger partial charge < -0.3 is 14.8 Å². The molecule has 0 radical (unpaired) electrons. The molecule has 3 aromatic rings. The Kier molecular flexibility index (Phi) is 4.96. The van der Waals surface area contributed by atoms with E-state index >= 15 is 0 Å². The highest BCUT2D eigenvalue weighted by atomic mass is 16.5. The number of anilines is 1. The van der Waals surface area contributed by atoms with Crippen LogP contribution in [-0.4, -0.2) is 35.4 Å². The monoisotopic (exact) mass is 393 g/mol. The summed E-state index contributed by atoms with van der Waals surface area (Å²) in [6.45, 7) is 3.92. The second-order valence-corrected chi connectivity index (χ2v) is 7.02. The molecule has 0 saturated heterocycles. The molecule has 2 heterocycles. The summed E-state index contributed by atoms with van der Waals surface area (Å²) in [5.41, 5.74) is 2.76. The van der Waals surface area contributed by atoms with Gasteiger partial charge in [-0.2, -0.15) is 5.10 Å². The van der Waals surface area contributed by atoms with E-state index in [1.54, 1.807) is 14.0 Å². The van der Waals surface area contributed by atoms with Crippen LogP contribution < -0.4 is 10.1 Å². The van der Waals surface area contributed by atoms with Crippen LogP contribution in [0.4, 0.5) is 5.82 Å². The van der Waals surface area contributed by atoms with Crippen LogP contribution in [0.25, 0.3) is 10.8 Å². The van der Waals surface area contributed by atoms with Gasteiger partial charge in [0.15, 0.2) is 0 Å². The summed E-state index contributed by atoms with van der Waals surface area (Å²) in [5.74, 6) is 0.707. The number of aromatic nitrogens is 2. The molecule has 0 unspecified atom stereocenters. The molecule has 0 aliphatic carbocycles. The predicted molar refractivity (Wildman–Crippen MR) is 109 cm³/mol. The van der Waals surface area contributed by atoms with Crippen LogP contribution in [0.1, 0.15) is 36.1 Å². The smallest absolute Gasteiger partial charge is 0.327 e. The van der Waals surface area contributed by atoms with E-state index in [9.17, 15) is 9.59 Å². The van der Waals surface area contributed by atoms with Crippen molar-refractivity contribution in [1.82, 2.24) is 9.78 Å². The van der Waals surface area contributed by atoms with Crippen LogP contribution in [0.3, 0.4) is 0 Å². The third-order valence-corrected chi connectivity index (χ3v) is 5.27. The number of benzene rings is 2. The Balaban J connectivity index is 1.85. The molecular formula is C22H23N3O4. The number of amides is 1.